The lowest BCUT2D eigenvalue weighted by atomic mass is 10.4. The smallest absolute Gasteiger partial charge is 0.0705 e. The van der Waals surface area contributed by atoms with Crippen LogP contribution in [0.5, 0.6) is 0 Å². The second kappa shape index (κ2) is 2.89. The molecule has 0 aliphatic rings. The maximum Gasteiger partial charge on any atom is 0.102 e. The van der Waals surface area contributed by atoms with Gasteiger partial charge in [0.1, 0.15) is 6.47 Å². The molecule has 0 atom stereocenters. The molecule has 0 rings (SSSR count). The minimum absolute atomic E-state index is 0.104. The predicted molar refractivity (Wildman–Crippen MR) is 52.5 cm³/mol. The summed E-state index contributed by atoms with van der Waals surface area (Å²) >= 11 is 13.7. The second-order valence-electron chi connectivity index (χ2n) is 1.78. The molecule has 4 heteroatoms. The standard InChI is InChI=1S/C4H6Br4/c1-3(5,6)4(2,7)8/h1-2H3. The molecule has 0 N–H and O–H groups in total. The van der Waals surface area contributed by atoms with E-state index in [1.165, 1.54) is 0 Å². The van der Waals surface area contributed by atoms with Crippen molar-refractivity contribution >= 4 is 63.7 Å². The van der Waals surface area contributed by atoms with Crippen molar-refractivity contribution in [1.82, 2.24) is 0 Å². The highest BCUT2D eigenvalue weighted by Crippen LogP contribution is 2.47. The van der Waals surface area contributed by atoms with Crippen molar-refractivity contribution in [2.45, 2.75) is 20.3 Å². The average molecular weight is 374 g/mol. The van der Waals surface area contributed by atoms with E-state index in [-0.39, 0.29) is 6.47 Å². The third-order valence-electron chi connectivity index (χ3n) is 0.771. The van der Waals surface area contributed by atoms with E-state index in [0.29, 0.717) is 0 Å². The summed E-state index contributed by atoms with van der Waals surface area (Å²) in [6.45, 7) is 4.02. The quantitative estimate of drug-likeness (QED) is 0.610. The normalized spacial score (nSPS) is 14.2. The van der Waals surface area contributed by atoms with Gasteiger partial charge in [-0.3, -0.25) is 0 Å². The van der Waals surface area contributed by atoms with Crippen LogP contribution in [0.2, 0.25) is 0 Å². The number of rotatable bonds is 1. The summed E-state index contributed by atoms with van der Waals surface area (Å²) < 4.78 is -0.208. The Labute approximate surface area is 83.3 Å². The van der Waals surface area contributed by atoms with Gasteiger partial charge in [0.15, 0.2) is 0 Å². The van der Waals surface area contributed by atoms with Gasteiger partial charge >= 0.3 is 0 Å². The molecule has 0 aliphatic carbocycles. The number of alkyl halides is 4. The van der Waals surface area contributed by atoms with E-state index in [9.17, 15) is 0 Å². The predicted octanol–water partition coefficient (Wildman–Crippen LogP) is 4.00. The van der Waals surface area contributed by atoms with Crippen molar-refractivity contribution in [3.05, 3.63) is 0 Å². The summed E-state index contributed by atoms with van der Waals surface area (Å²) in [7, 11) is 0. The molecule has 0 unspecified atom stereocenters. The van der Waals surface area contributed by atoms with Crippen LogP contribution in [0.3, 0.4) is 0 Å². The Balaban J connectivity index is 4.02. The fourth-order valence-corrected chi connectivity index (χ4v) is 0. The van der Waals surface area contributed by atoms with E-state index in [1.54, 1.807) is 0 Å². The Morgan fingerprint density at radius 2 is 0.875 bits per heavy atom. The molecule has 0 aromatic carbocycles. The van der Waals surface area contributed by atoms with Gasteiger partial charge < -0.3 is 0 Å². The molecule has 0 saturated heterocycles. The summed E-state index contributed by atoms with van der Waals surface area (Å²) in [5.41, 5.74) is 0. The van der Waals surface area contributed by atoms with E-state index < -0.39 is 0 Å². The molecule has 0 nitrogen and oxygen atoms in total. The Hall–Kier alpha value is 1.92. The monoisotopic (exact) mass is 370 g/mol. The van der Waals surface area contributed by atoms with Crippen molar-refractivity contribution in [3.8, 4) is 0 Å². The van der Waals surface area contributed by atoms with Crippen molar-refractivity contribution < 1.29 is 0 Å². The van der Waals surface area contributed by atoms with Gasteiger partial charge in [0.05, 0.1) is 0 Å². The van der Waals surface area contributed by atoms with Crippen molar-refractivity contribution in [3.63, 3.8) is 0 Å². The zero-order chi connectivity index (χ0) is 7.00. The van der Waals surface area contributed by atoms with Gasteiger partial charge in [0.25, 0.3) is 0 Å². The Kier molecular flexibility index (Phi) is 3.58. The van der Waals surface area contributed by atoms with Crippen molar-refractivity contribution in [1.29, 1.82) is 0 Å². The Bertz CT molecular complexity index is 63.0. The summed E-state index contributed by atoms with van der Waals surface area (Å²) in [6, 6.07) is 0. The molecule has 0 aromatic rings. The number of hydrogen-bond donors (Lipinski definition) is 0. The minimum atomic E-state index is -0.104. The highest BCUT2D eigenvalue weighted by molar-refractivity contribution is 9.30. The summed E-state index contributed by atoms with van der Waals surface area (Å²) in [5.74, 6) is 0. The van der Waals surface area contributed by atoms with Crippen LogP contribution < -0.4 is 0 Å². The van der Waals surface area contributed by atoms with E-state index >= 15 is 0 Å². The lowest BCUT2D eigenvalue weighted by Crippen LogP contribution is -2.26. The lowest BCUT2D eigenvalue weighted by Gasteiger charge is -2.26. The van der Waals surface area contributed by atoms with Gasteiger partial charge in [-0.2, -0.15) is 0 Å². The van der Waals surface area contributed by atoms with Crippen LogP contribution >= 0.6 is 63.7 Å². The SMILES string of the molecule is CC(Br)(Br)C(C)(Br)Br. The fraction of sp³-hybridized carbons (Fsp3) is 1.00. The highest BCUT2D eigenvalue weighted by Gasteiger charge is 2.35. The van der Waals surface area contributed by atoms with Gasteiger partial charge in [-0.15, -0.1) is 0 Å². The van der Waals surface area contributed by atoms with E-state index in [4.69, 9.17) is 0 Å². The molecule has 50 valence electrons. The summed E-state index contributed by atoms with van der Waals surface area (Å²) in [4.78, 5) is 0. The van der Waals surface area contributed by atoms with Crippen molar-refractivity contribution in [2.75, 3.05) is 0 Å². The van der Waals surface area contributed by atoms with Crippen LogP contribution in [0.4, 0.5) is 0 Å². The minimum Gasteiger partial charge on any atom is -0.0705 e. The van der Waals surface area contributed by atoms with Gasteiger partial charge in [0.2, 0.25) is 0 Å². The number of halogens is 4. The van der Waals surface area contributed by atoms with Gasteiger partial charge in [0, 0.05) is 0 Å². The summed E-state index contributed by atoms with van der Waals surface area (Å²) in [6.07, 6.45) is 0. The molecule has 0 fully saturated rings. The molecule has 0 heterocycles. The summed E-state index contributed by atoms with van der Waals surface area (Å²) in [5, 5.41) is 0. The van der Waals surface area contributed by atoms with Crippen LogP contribution in [-0.4, -0.2) is 6.47 Å². The van der Waals surface area contributed by atoms with Crippen LogP contribution in [0, 0.1) is 0 Å². The number of hydrogen-bond acceptors (Lipinski definition) is 0. The first-order valence-electron chi connectivity index (χ1n) is 2.01. The van der Waals surface area contributed by atoms with Gasteiger partial charge in [-0.05, 0) is 13.8 Å². The van der Waals surface area contributed by atoms with Gasteiger partial charge in [-0.1, -0.05) is 63.7 Å². The molecule has 0 radical (unpaired) electrons. The Morgan fingerprint density at radius 3 is 0.875 bits per heavy atom. The molecule has 0 amide bonds. The van der Waals surface area contributed by atoms with Crippen molar-refractivity contribution in [2.24, 2.45) is 0 Å². The third kappa shape index (κ3) is 3.18. The first kappa shape index (κ1) is 9.92. The molecule has 0 bridgehead atoms. The first-order valence-corrected chi connectivity index (χ1v) is 5.18. The molecular weight excluding hydrogens is 368 g/mol. The first-order chi connectivity index (χ1) is 3.25. The van der Waals surface area contributed by atoms with E-state index in [1.807, 2.05) is 13.8 Å². The average Bonchev–Trinajstić information content (AvgIpc) is 1.25. The molecule has 8 heavy (non-hydrogen) atoms. The van der Waals surface area contributed by atoms with Crippen LogP contribution in [0.25, 0.3) is 0 Å². The largest absolute Gasteiger partial charge is 0.102 e. The Morgan fingerprint density at radius 1 is 0.750 bits per heavy atom. The molecule has 0 aromatic heterocycles. The lowest BCUT2D eigenvalue weighted by molar-refractivity contribution is 0.871. The second-order valence-corrected chi connectivity index (χ2v) is 10.2. The third-order valence-corrected chi connectivity index (χ3v) is 6.07. The van der Waals surface area contributed by atoms with Crippen LogP contribution in [-0.2, 0) is 0 Å². The van der Waals surface area contributed by atoms with E-state index in [0.717, 1.165) is 0 Å². The zero-order valence-electron chi connectivity index (χ0n) is 4.51. The highest BCUT2D eigenvalue weighted by atomic mass is 79.9. The van der Waals surface area contributed by atoms with Crippen LogP contribution in [0.15, 0.2) is 0 Å². The molecule has 0 spiro atoms. The molecule has 0 aliphatic heterocycles. The molecule has 0 saturated carbocycles. The van der Waals surface area contributed by atoms with Gasteiger partial charge in [-0.25, -0.2) is 0 Å². The maximum absolute atomic E-state index is 3.42. The topological polar surface area (TPSA) is 0 Å². The van der Waals surface area contributed by atoms with E-state index in [2.05, 4.69) is 63.7 Å². The fourth-order valence-electron chi connectivity index (χ4n) is 0. The molecular formula is C4H6Br4. The van der Waals surface area contributed by atoms with Crippen LogP contribution in [0.1, 0.15) is 13.8 Å². The maximum atomic E-state index is 3.42. The zero-order valence-corrected chi connectivity index (χ0v) is 10.9.